The molecule has 2 heteroatoms. The van der Waals surface area contributed by atoms with Gasteiger partial charge in [0.2, 0.25) is 0 Å². The predicted molar refractivity (Wildman–Crippen MR) is 95.5 cm³/mol. The number of hydrogen-bond donors (Lipinski definition) is 0. The lowest BCUT2D eigenvalue weighted by atomic mass is 10.0. The number of esters is 1. The molecule has 0 N–H and O–H groups in total. The lowest BCUT2D eigenvalue weighted by Gasteiger charge is -2.13. The van der Waals surface area contributed by atoms with Crippen LogP contribution in [0.3, 0.4) is 0 Å². The van der Waals surface area contributed by atoms with Crippen molar-refractivity contribution in [2.24, 2.45) is 0 Å². The van der Waals surface area contributed by atoms with E-state index in [1.807, 2.05) is 49.4 Å². The van der Waals surface area contributed by atoms with Crippen LogP contribution < -0.4 is 0 Å². The van der Waals surface area contributed by atoms with Gasteiger partial charge in [-0.1, -0.05) is 68.7 Å². The molecule has 1 atom stereocenters. The summed E-state index contributed by atoms with van der Waals surface area (Å²) in [7, 11) is 0. The van der Waals surface area contributed by atoms with Crippen molar-refractivity contribution in [1.29, 1.82) is 0 Å². The standard InChI is InChI=1S/C21H26O2/c1-3-4-5-7-10-17(2)23-21(22)20-15-13-19(14-16-20)18-11-8-6-9-12-18/h6,8-9,11-17H,3-5,7,10H2,1-2H3/t17-/m0/s1. The largest absolute Gasteiger partial charge is 0.459 e. The molecule has 0 saturated heterocycles. The summed E-state index contributed by atoms with van der Waals surface area (Å²) in [6, 6.07) is 17.8. The number of benzene rings is 2. The molecule has 0 heterocycles. The molecule has 0 saturated carbocycles. The zero-order valence-corrected chi connectivity index (χ0v) is 14.1. The fourth-order valence-corrected chi connectivity index (χ4v) is 2.60. The van der Waals surface area contributed by atoms with Gasteiger partial charge in [-0.15, -0.1) is 0 Å². The summed E-state index contributed by atoms with van der Waals surface area (Å²) in [6.07, 6.45) is 5.73. The van der Waals surface area contributed by atoms with E-state index in [-0.39, 0.29) is 12.1 Å². The topological polar surface area (TPSA) is 26.3 Å². The van der Waals surface area contributed by atoms with Crippen LogP contribution in [0.4, 0.5) is 0 Å². The Bertz CT molecular complexity index is 587. The van der Waals surface area contributed by atoms with Gasteiger partial charge in [-0.3, -0.25) is 0 Å². The summed E-state index contributed by atoms with van der Waals surface area (Å²) in [6.45, 7) is 4.17. The lowest BCUT2D eigenvalue weighted by Crippen LogP contribution is -2.15. The number of hydrogen-bond acceptors (Lipinski definition) is 2. The van der Waals surface area contributed by atoms with Crippen molar-refractivity contribution in [3.8, 4) is 11.1 Å². The van der Waals surface area contributed by atoms with E-state index >= 15 is 0 Å². The van der Waals surface area contributed by atoms with Gasteiger partial charge in [-0.2, -0.15) is 0 Å². The molecule has 23 heavy (non-hydrogen) atoms. The maximum atomic E-state index is 12.2. The van der Waals surface area contributed by atoms with Gasteiger partial charge in [-0.25, -0.2) is 4.79 Å². The molecule has 122 valence electrons. The minimum absolute atomic E-state index is 0.0202. The smallest absolute Gasteiger partial charge is 0.338 e. The number of unbranched alkanes of at least 4 members (excludes halogenated alkanes) is 3. The van der Waals surface area contributed by atoms with E-state index in [2.05, 4.69) is 19.1 Å². The molecule has 0 radical (unpaired) electrons. The van der Waals surface area contributed by atoms with E-state index in [9.17, 15) is 4.79 Å². The minimum Gasteiger partial charge on any atom is -0.459 e. The van der Waals surface area contributed by atoms with Crippen LogP contribution >= 0.6 is 0 Å². The van der Waals surface area contributed by atoms with E-state index in [0.717, 1.165) is 24.0 Å². The second-order valence-electron chi connectivity index (χ2n) is 6.01. The van der Waals surface area contributed by atoms with Gasteiger partial charge in [0.05, 0.1) is 11.7 Å². The first-order valence-electron chi connectivity index (χ1n) is 8.57. The molecular formula is C21H26O2. The second kappa shape index (κ2) is 9.14. The van der Waals surface area contributed by atoms with Crippen LogP contribution in [0.1, 0.15) is 56.3 Å². The molecule has 2 rings (SSSR count). The molecule has 0 bridgehead atoms. The van der Waals surface area contributed by atoms with Gasteiger partial charge in [-0.05, 0) is 43.0 Å². The third-order valence-corrected chi connectivity index (χ3v) is 4.00. The highest BCUT2D eigenvalue weighted by molar-refractivity contribution is 5.90. The Balaban J connectivity index is 1.88. The maximum Gasteiger partial charge on any atom is 0.338 e. The molecule has 0 fully saturated rings. The van der Waals surface area contributed by atoms with Crippen LogP contribution in [0.5, 0.6) is 0 Å². The van der Waals surface area contributed by atoms with Gasteiger partial charge in [0.1, 0.15) is 0 Å². The molecule has 0 unspecified atom stereocenters. The van der Waals surface area contributed by atoms with Crippen LogP contribution in [0.25, 0.3) is 11.1 Å². The van der Waals surface area contributed by atoms with Gasteiger partial charge in [0.15, 0.2) is 0 Å². The van der Waals surface area contributed by atoms with Crippen LogP contribution in [-0.4, -0.2) is 12.1 Å². The van der Waals surface area contributed by atoms with Gasteiger partial charge >= 0.3 is 5.97 Å². The Hall–Kier alpha value is -2.09. The van der Waals surface area contributed by atoms with E-state index < -0.39 is 0 Å². The van der Waals surface area contributed by atoms with Crippen LogP contribution in [-0.2, 0) is 4.74 Å². The lowest BCUT2D eigenvalue weighted by molar-refractivity contribution is 0.0319. The normalized spacial score (nSPS) is 11.9. The minimum atomic E-state index is -0.229. The molecule has 2 aromatic carbocycles. The molecule has 0 spiro atoms. The van der Waals surface area contributed by atoms with Crippen molar-refractivity contribution >= 4 is 5.97 Å². The number of ether oxygens (including phenoxy) is 1. The van der Waals surface area contributed by atoms with Crippen molar-refractivity contribution in [1.82, 2.24) is 0 Å². The van der Waals surface area contributed by atoms with Crippen LogP contribution in [0, 0.1) is 0 Å². The number of carbonyl (C=O) groups is 1. The quantitative estimate of drug-likeness (QED) is 0.450. The Labute approximate surface area is 139 Å². The van der Waals surface area contributed by atoms with E-state index in [1.165, 1.54) is 19.3 Å². The van der Waals surface area contributed by atoms with Gasteiger partial charge in [0, 0.05) is 0 Å². The summed E-state index contributed by atoms with van der Waals surface area (Å²) in [5, 5.41) is 0. The summed E-state index contributed by atoms with van der Waals surface area (Å²) in [5.74, 6) is -0.229. The van der Waals surface area contributed by atoms with Crippen molar-refractivity contribution in [2.75, 3.05) is 0 Å². The molecule has 0 amide bonds. The molecule has 0 aliphatic carbocycles. The molecule has 0 aromatic heterocycles. The zero-order chi connectivity index (χ0) is 16.5. The Morgan fingerprint density at radius 3 is 2.22 bits per heavy atom. The summed E-state index contributed by atoms with van der Waals surface area (Å²) >= 11 is 0. The summed E-state index contributed by atoms with van der Waals surface area (Å²) < 4.78 is 5.52. The number of carbonyl (C=O) groups excluding carboxylic acids is 1. The first kappa shape index (κ1) is 17.3. The van der Waals surface area contributed by atoms with Gasteiger partial charge in [0.25, 0.3) is 0 Å². The van der Waals surface area contributed by atoms with Crippen molar-refractivity contribution in [2.45, 2.75) is 52.1 Å². The van der Waals surface area contributed by atoms with Crippen molar-refractivity contribution in [3.63, 3.8) is 0 Å². The third-order valence-electron chi connectivity index (χ3n) is 4.00. The molecule has 2 nitrogen and oxygen atoms in total. The average Bonchev–Trinajstić information content (AvgIpc) is 2.59. The van der Waals surface area contributed by atoms with Crippen LogP contribution in [0.15, 0.2) is 54.6 Å². The van der Waals surface area contributed by atoms with E-state index in [4.69, 9.17) is 4.74 Å². The molecule has 0 aliphatic heterocycles. The van der Waals surface area contributed by atoms with Crippen LogP contribution in [0.2, 0.25) is 0 Å². The van der Waals surface area contributed by atoms with Crippen molar-refractivity contribution in [3.05, 3.63) is 60.2 Å². The first-order valence-corrected chi connectivity index (χ1v) is 8.57. The number of rotatable bonds is 8. The first-order chi connectivity index (χ1) is 11.2. The average molecular weight is 310 g/mol. The van der Waals surface area contributed by atoms with E-state index in [1.54, 1.807) is 0 Å². The van der Waals surface area contributed by atoms with E-state index in [0.29, 0.717) is 5.56 Å². The Morgan fingerprint density at radius 2 is 1.57 bits per heavy atom. The monoisotopic (exact) mass is 310 g/mol. The fourth-order valence-electron chi connectivity index (χ4n) is 2.60. The summed E-state index contributed by atoms with van der Waals surface area (Å²) in [5.41, 5.74) is 2.87. The highest BCUT2D eigenvalue weighted by Crippen LogP contribution is 2.20. The Morgan fingerprint density at radius 1 is 0.913 bits per heavy atom. The maximum absolute atomic E-state index is 12.2. The van der Waals surface area contributed by atoms with Crippen molar-refractivity contribution < 1.29 is 9.53 Å². The fraction of sp³-hybridized carbons (Fsp3) is 0.381. The van der Waals surface area contributed by atoms with Gasteiger partial charge < -0.3 is 4.74 Å². The summed E-state index contributed by atoms with van der Waals surface area (Å²) in [4.78, 5) is 12.2. The molecule has 0 aliphatic rings. The predicted octanol–water partition coefficient (Wildman–Crippen LogP) is 5.87. The highest BCUT2D eigenvalue weighted by atomic mass is 16.5. The Kier molecular flexibility index (Phi) is 6.86. The highest BCUT2D eigenvalue weighted by Gasteiger charge is 2.12. The third kappa shape index (κ3) is 5.55. The SMILES string of the molecule is CCCCCC[C@H](C)OC(=O)c1ccc(-c2ccccc2)cc1. The molecular weight excluding hydrogens is 284 g/mol. The zero-order valence-electron chi connectivity index (χ0n) is 14.1. The molecule has 2 aromatic rings. The second-order valence-corrected chi connectivity index (χ2v) is 6.01.